The third-order valence-corrected chi connectivity index (χ3v) is 4.01. The number of nitrogens with zero attached hydrogens (tertiary/aromatic N) is 3. The van der Waals surface area contributed by atoms with Crippen molar-refractivity contribution in [1.82, 2.24) is 20.0 Å². The summed E-state index contributed by atoms with van der Waals surface area (Å²) in [5.74, 6) is -2.85. The molecule has 0 aromatic rings. The highest BCUT2D eigenvalue weighted by atomic mass is 16.2. The Morgan fingerprint density at radius 2 is 1.74 bits per heavy atom. The van der Waals surface area contributed by atoms with Gasteiger partial charge in [0, 0.05) is 20.1 Å². The van der Waals surface area contributed by atoms with Gasteiger partial charge in [0.05, 0.1) is 6.54 Å². The molecular formula is C14H20N4O5. The highest BCUT2D eigenvalue weighted by Crippen LogP contribution is 2.27. The molecule has 9 heteroatoms. The number of hydrogen-bond acceptors (Lipinski definition) is 5. The van der Waals surface area contributed by atoms with Gasteiger partial charge in [-0.25, -0.2) is 9.69 Å². The highest BCUT2D eigenvalue weighted by molar-refractivity contribution is 6.45. The summed E-state index contributed by atoms with van der Waals surface area (Å²) in [5, 5.41) is 2.32. The van der Waals surface area contributed by atoms with Crippen molar-refractivity contribution >= 4 is 29.7 Å². The van der Waals surface area contributed by atoms with Crippen molar-refractivity contribution in [1.29, 1.82) is 0 Å². The van der Waals surface area contributed by atoms with Crippen molar-refractivity contribution in [3.05, 3.63) is 0 Å². The molecule has 1 N–H and O–H groups in total. The van der Waals surface area contributed by atoms with Crippen LogP contribution in [0.4, 0.5) is 4.79 Å². The van der Waals surface area contributed by atoms with E-state index in [0.717, 1.165) is 17.7 Å². The fourth-order valence-electron chi connectivity index (χ4n) is 2.68. The van der Waals surface area contributed by atoms with Crippen LogP contribution in [0, 0.1) is 0 Å². The molecule has 0 bridgehead atoms. The monoisotopic (exact) mass is 324 g/mol. The van der Waals surface area contributed by atoms with E-state index in [-0.39, 0.29) is 18.5 Å². The van der Waals surface area contributed by atoms with Crippen LogP contribution >= 0.6 is 0 Å². The van der Waals surface area contributed by atoms with Gasteiger partial charge in [0.2, 0.25) is 11.8 Å². The molecule has 0 spiro atoms. The van der Waals surface area contributed by atoms with Gasteiger partial charge in [0.1, 0.15) is 6.54 Å². The lowest BCUT2D eigenvalue weighted by Gasteiger charge is -2.20. The van der Waals surface area contributed by atoms with E-state index in [2.05, 4.69) is 5.32 Å². The van der Waals surface area contributed by atoms with Crippen LogP contribution in [-0.4, -0.2) is 77.6 Å². The van der Waals surface area contributed by atoms with E-state index >= 15 is 0 Å². The topological polar surface area (TPSA) is 107 Å². The van der Waals surface area contributed by atoms with E-state index in [1.807, 2.05) is 0 Å². The molecule has 2 fully saturated rings. The Morgan fingerprint density at radius 3 is 2.30 bits per heavy atom. The van der Waals surface area contributed by atoms with E-state index in [9.17, 15) is 24.0 Å². The zero-order valence-electron chi connectivity index (χ0n) is 13.2. The Labute approximate surface area is 133 Å². The maximum absolute atomic E-state index is 12.3. The zero-order valence-corrected chi connectivity index (χ0v) is 13.2. The quantitative estimate of drug-likeness (QED) is 0.511. The normalized spacial score (nSPS) is 18.8. The third kappa shape index (κ3) is 3.49. The van der Waals surface area contributed by atoms with Crippen molar-refractivity contribution in [3.8, 4) is 0 Å². The number of hydrogen-bond donors (Lipinski definition) is 1. The van der Waals surface area contributed by atoms with Gasteiger partial charge in [-0.2, -0.15) is 0 Å². The van der Waals surface area contributed by atoms with Crippen LogP contribution in [0.5, 0.6) is 0 Å². The van der Waals surface area contributed by atoms with Crippen LogP contribution in [0.15, 0.2) is 0 Å². The van der Waals surface area contributed by atoms with Gasteiger partial charge in [0.25, 0.3) is 0 Å². The summed E-state index contributed by atoms with van der Waals surface area (Å²) in [6, 6.07) is -1.01. The Hall–Kier alpha value is -2.45. The van der Waals surface area contributed by atoms with Gasteiger partial charge in [-0.05, 0) is 12.8 Å². The molecule has 1 aliphatic carbocycles. The summed E-state index contributed by atoms with van der Waals surface area (Å²) in [7, 11) is 3.08. The lowest BCUT2D eigenvalue weighted by atomic mass is 10.2. The molecule has 1 saturated heterocycles. The molecule has 2 aliphatic rings. The van der Waals surface area contributed by atoms with Gasteiger partial charge in [-0.15, -0.1) is 0 Å². The molecule has 0 aromatic carbocycles. The van der Waals surface area contributed by atoms with Crippen molar-refractivity contribution in [3.63, 3.8) is 0 Å². The van der Waals surface area contributed by atoms with Gasteiger partial charge in [-0.3, -0.25) is 24.1 Å². The first kappa shape index (κ1) is 16.9. The van der Waals surface area contributed by atoms with Crippen LogP contribution in [-0.2, 0) is 19.2 Å². The first-order chi connectivity index (χ1) is 10.8. The summed E-state index contributed by atoms with van der Waals surface area (Å²) >= 11 is 0. The second-order valence-corrected chi connectivity index (χ2v) is 5.85. The SMILES string of the molecule is CN(C)C(=O)CNC(=O)CN1C(=O)C(=O)N(C2CCCC2)C1=O. The molecule has 2 rings (SSSR count). The predicted octanol–water partition coefficient (Wildman–Crippen LogP) is -1.08. The van der Waals surface area contributed by atoms with Crippen LogP contribution in [0.2, 0.25) is 0 Å². The molecule has 23 heavy (non-hydrogen) atoms. The van der Waals surface area contributed by atoms with E-state index in [4.69, 9.17) is 0 Å². The average molecular weight is 324 g/mol. The van der Waals surface area contributed by atoms with E-state index < -0.39 is 30.3 Å². The standard InChI is InChI=1S/C14H20N4O5/c1-16(2)11(20)7-15-10(19)8-17-12(21)13(22)18(14(17)23)9-5-3-4-6-9/h9H,3-8H2,1-2H3,(H,15,19). The number of nitrogens with one attached hydrogen (secondary N) is 1. The molecule has 0 radical (unpaired) electrons. The molecular weight excluding hydrogens is 304 g/mol. The first-order valence-electron chi connectivity index (χ1n) is 7.48. The number of likely N-dealkylation sites (N-methyl/N-ethyl adjacent to an activating group) is 1. The summed E-state index contributed by atoms with van der Waals surface area (Å²) in [6.45, 7) is -0.796. The zero-order chi connectivity index (χ0) is 17.1. The fraction of sp³-hybridized carbons (Fsp3) is 0.643. The smallest absolute Gasteiger partial charge is 0.334 e. The third-order valence-electron chi connectivity index (χ3n) is 4.01. The largest absolute Gasteiger partial charge is 0.347 e. The van der Waals surface area contributed by atoms with Gasteiger partial charge in [-0.1, -0.05) is 12.8 Å². The van der Waals surface area contributed by atoms with Gasteiger partial charge < -0.3 is 10.2 Å². The van der Waals surface area contributed by atoms with Gasteiger partial charge >= 0.3 is 17.8 Å². The van der Waals surface area contributed by atoms with Crippen molar-refractivity contribution in [2.75, 3.05) is 27.2 Å². The Balaban J connectivity index is 1.95. The number of imide groups is 2. The average Bonchev–Trinajstić information content (AvgIpc) is 3.08. The maximum atomic E-state index is 12.3. The van der Waals surface area contributed by atoms with Crippen LogP contribution in [0.25, 0.3) is 0 Å². The second-order valence-electron chi connectivity index (χ2n) is 5.85. The van der Waals surface area contributed by atoms with E-state index in [0.29, 0.717) is 17.7 Å². The minimum atomic E-state index is -0.990. The molecule has 6 amide bonds. The number of urea groups is 1. The molecule has 126 valence electrons. The summed E-state index contributed by atoms with van der Waals surface area (Å²) in [5.41, 5.74) is 0. The van der Waals surface area contributed by atoms with Crippen LogP contribution in [0.3, 0.4) is 0 Å². The Kier molecular flexibility index (Phi) is 4.97. The molecule has 1 heterocycles. The van der Waals surface area contributed by atoms with Crippen molar-refractivity contribution in [2.45, 2.75) is 31.7 Å². The molecule has 0 unspecified atom stereocenters. The predicted molar refractivity (Wildman–Crippen MR) is 77.9 cm³/mol. The number of amides is 6. The second kappa shape index (κ2) is 6.76. The van der Waals surface area contributed by atoms with Crippen LogP contribution in [0.1, 0.15) is 25.7 Å². The first-order valence-corrected chi connectivity index (χ1v) is 7.48. The number of carbonyl (C=O) groups is 5. The lowest BCUT2D eigenvalue weighted by molar-refractivity contribution is -0.144. The molecule has 1 saturated carbocycles. The van der Waals surface area contributed by atoms with Crippen molar-refractivity contribution < 1.29 is 24.0 Å². The molecule has 0 atom stereocenters. The fourth-order valence-corrected chi connectivity index (χ4v) is 2.68. The minimum absolute atomic E-state index is 0.234. The van der Waals surface area contributed by atoms with Crippen molar-refractivity contribution in [2.24, 2.45) is 0 Å². The molecule has 0 aromatic heterocycles. The maximum Gasteiger partial charge on any atom is 0.334 e. The molecule has 9 nitrogen and oxygen atoms in total. The minimum Gasteiger partial charge on any atom is -0.347 e. The summed E-state index contributed by atoms with van der Waals surface area (Å²) in [6.07, 6.45) is 3.18. The summed E-state index contributed by atoms with van der Waals surface area (Å²) < 4.78 is 0. The number of rotatable bonds is 5. The Morgan fingerprint density at radius 1 is 1.13 bits per heavy atom. The van der Waals surface area contributed by atoms with Gasteiger partial charge in [0.15, 0.2) is 0 Å². The lowest BCUT2D eigenvalue weighted by Crippen LogP contribution is -2.45. The highest BCUT2D eigenvalue weighted by Gasteiger charge is 2.48. The van der Waals surface area contributed by atoms with E-state index in [1.165, 1.54) is 4.90 Å². The van der Waals surface area contributed by atoms with Crippen LogP contribution < -0.4 is 5.32 Å². The summed E-state index contributed by atoms with van der Waals surface area (Å²) in [4.78, 5) is 62.2. The molecule has 1 aliphatic heterocycles. The Bertz CT molecular complexity index is 553. The number of carbonyl (C=O) groups excluding carboxylic acids is 5. The van der Waals surface area contributed by atoms with E-state index in [1.54, 1.807) is 14.1 Å².